The van der Waals surface area contributed by atoms with E-state index in [1.807, 2.05) is 30.9 Å². The third kappa shape index (κ3) is 3.85. The Labute approximate surface area is 107 Å². The van der Waals surface area contributed by atoms with Crippen molar-refractivity contribution in [3.8, 4) is 0 Å². The first-order valence-corrected chi connectivity index (χ1v) is 5.64. The zero-order chi connectivity index (χ0) is 13.7. The van der Waals surface area contributed by atoms with E-state index in [1.165, 1.54) is 12.1 Å². The van der Waals surface area contributed by atoms with Crippen molar-refractivity contribution in [2.75, 3.05) is 51.5 Å². The smallest absolute Gasteiger partial charge is 0.276 e. The SMILES string of the molecule is CNc1cc([N+](=O)[O-])cc(N(C)CCN(C)C)n1. The van der Waals surface area contributed by atoms with Crippen LogP contribution >= 0.6 is 0 Å². The second-order valence-corrected chi connectivity index (χ2v) is 4.30. The van der Waals surface area contributed by atoms with Gasteiger partial charge in [-0.05, 0) is 14.1 Å². The summed E-state index contributed by atoms with van der Waals surface area (Å²) in [6.45, 7) is 1.61. The van der Waals surface area contributed by atoms with Gasteiger partial charge in [0.1, 0.15) is 11.6 Å². The third-order valence-electron chi connectivity index (χ3n) is 2.54. The van der Waals surface area contributed by atoms with Gasteiger partial charge in [0.15, 0.2) is 0 Å². The molecule has 1 N–H and O–H groups in total. The molecule has 0 saturated heterocycles. The minimum Gasteiger partial charge on any atom is -0.373 e. The van der Waals surface area contributed by atoms with Crippen molar-refractivity contribution in [2.45, 2.75) is 0 Å². The van der Waals surface area contributed by atoms with Crippen molar-refractivity contribution in [3.05, 3.63) is 22.2 Å². The molecule has 0 aliphatic heterocycles. The average Bonchev–Trinajstić information content (AvgIpc) is 2.35. The lowest BCUT2D eigenvalue weighted by Crippen LogP contribution is -2.29. The molecule has 0 amide bonds. The zero-order valence-electron chi connectivity index (χ0n) is 11.2. The van der Waals surface area contributed by atoms with Crippen molar-refractivity contribution in [3.63, 3.8) is 0 Å². The zero-order valence-corrected chi connectivity index (χ0v) is 11.2. The van der Waals surface area contributed by atoms with Gasteiger partial charge in [-0.3, -0.25) is 10.1 Å². The number of nitrogens with zero attached hydrogens (tertiary/aromatic N) is 4. The number of nitro groups is 1. The molecule has 0 bridgehead atoms. The summed E-state index contributed by atoms with van der Waals surface area (Å²) in [4.78, 5) is 18.7. The largest absolute Gasteiger partial charge is 0.373 e. The van der Waals surface area contributed by atoms with Crippen LogP contribution in [0.2, 0.25) is 0 Å². The Bertz CT molecular complexity index is 422. The lowest BCUT2D eigenvalue weighted by molar-refractivity contribution is -0.384. The van der Waals surface area contributed by atoms with Gasteiger partial charge in [0.25, 0.3) is 5.69 Å². The quantitative estimate of drug-likeness (QED) is 0.603. The monoisotopic (exact) mass is 253 g/mol. The van der Waals surface area contributed by atoms with Crippen LogP contribution in [-0.2, 0) is 0 Å². The highest BCUT2D eigenvalue weighted by Crippen LogP contribution is 2.22. The lowest BCUT2D eigenvalue weighted by Gasteiger charge is -2.20. The molecule has 0 atom stereocenters. The normalized spacial score (nSPS) is 10.5. The maximum atomic E-state index is 10.8. The molecular weight excluding hydrogens is 234 g/mol. The van der Waals surface area contributed by atoms with Gasteiger partial charge < -0.3 is 15.1 Å². The van der Waals surface area contributed by atoms with Crippen LogP contribution in [-0.4, -0.2) is 56.1 Å². The number of pyridine rings is 1. The van der Waals surface area contributed by atoms with E-state index in [1.54, 1.807) is 7.05 Å². The number of rotatable bonds is 6. The molecule has 0 spiro atoms. The molecule has 0 radical (unpaired) electrons. The molecular formula is C11H19N5O2. The molecule has 0 saturated carbocycles. The summed E-state index contributed by atoms with van der Waals surface area (Å²) < 4.78 is 0. The van der Waals surface area contributed by atoms with Crippen LogP contribution < -0.4 is 10.2 Å². The minimum absolute atomic E-state index is 0.0426. The van der Waals surface area contributed by atoms with Crippen LogP contribution in [0.3, 0.4) is 0 Å². The highest BCUT2D eigenvalue weighted by Gasteiger charge is 2.13. The van der Waals surface area contributed by atoms with Gasteiger partial charge in [-0.15, -0.1) is 0 Å². The van der Waals surface area contributed by atoms with Gasteiger partial charge in [-0.1, -0.05) is 0 Å². The number of hydrogen-bond acceptors (Lipinski definition) is 6. The Morgan fingerprint density at radius 1 is 1.33 bits per heavy atom. The van der Waals surface area contributed by atoms with Crippen LogP contribution in [0.4, 0.5) is 17.3 Å². The topological polar surface area (TPSA) is 74.5 Å². The summed E-state index contributed by atoms with van der Waals surface area (Å²) >= 11 is 0. The first-order valence-electron chi connectivity index (χ1n) is 5.64. The van der Waals surface area contributed by atoms with E-state index in [9.17, 15) is 10.1 Å². The summed E-state index contributed by atoms with van der Waals surface area (Å²) in [6, 6.07) is 2.90. The molecule has 1 aromatic heterocycles. The third-order valence-corrected chi connectivity index (χ3v) is 2.54. The molecule has 0 unspecified atom stereocenters. The van der Waals surface area contributed by atoms with E-state index in [0.29, 0.717) is 11.6 Å². The Balaban J connectivity index is 2.93. The van der Waals surface area contributed by atoms with Crippen LogP contribution in [0.25, 0.3) is 0 Å². The van der Waals surface area contributed by atoms with Gasteiger partial charge in [-0.25, -0.2) is 4.98 Å². The molecule has 1 rings (SSSR count). The molecule has 0 fully saturated rings. The minimum atomic E-state index is -0.411. The fraction of sp³-hybridized carbons (Fsp3) is 0.545. The lowest BCUT2D eigenvalue weighted by atomic mass is 10.3. The van der Waals surface area contributed by atoms with Crippen LogP contribution in [0.15, 0.2) is 12.1 Å². The number of hydrogen-bond donors (Lipinski definition) is 1. The van der Waals surface area contributed by atoms with E-state index in [2.05, 4.69) is 10.3 Å². The first-order chi connectivity index (χ1) is 8.43. The van der Waals surface area contributed by atoms with Gasteiger partial charge in [0.05, 0.1) is 17.1 Å². The first kappa shape index (κ1) is 14.2. The van der Waals surface area contributed by atoms with E-state index in [4.69, 9.17) is 0 Å². The summed E-state index contributed by atoms with van der Waals surface area (Å²) in [6.07, 6.45) is 0. The predicted octanol–water partition coefficient (Wildman–Crippen LogP) is 1.03. The predicted molar refractivity (Wildman–Crippen MR) is 72.3 cm³/mol. The molecule has 1 heterocycles. The van der Waals surface area contributed by atoms with Gasteiger partial charge in [-0.2, -0.15) is 0 Å². The second-order valence-electron chi connectivity index (χ2n) is 4.30. The van der Waals surface area contributed by atoms with E-state index >= 15 is 0 Å². The summed E-state index contributed by atoms with van der Waals surface area (Å²) in [5.41, 5.74) is 0.0426. The van der Waals surface area contributed by atoms with Crippen molar-refractivity contribution in [1.82, 2.24) is 9.88 Å². The second kappa shape index (κ2) is 6.15. The number of likely N-dealkylation sites (N-methyl/N-ethyl adjacent to an activating group) is 2. The Morgan fingerprint density at radius 3 is 2.50 bits per heavy atom. The molecule has 0 aliphatic carbocycles. The molecule has 18 heavy (non-hydrogen) atoms. The number of nitrogens with one attached hydrogen (secondary N) is 1. The molecule has 0 aliphatic rings. The number of aromatic nitrogens is 1. The molecule has 7 nitrogen and oxygen atoms in total. The Kier molecular flexibility index (Phi) is 4.85. The van der Waals surface area contributed by atoms with Gasteiger partial charge >= 0.3 is 0 Å². The highest BCUT2D eigenvalue weighted by atomic mass is 16.6. The van der Waals surface area contributed by atoms with Crippen LogP contribution in [0.1, 0.15) is 0 Å². The van der Waals surface area contributed by atoms with Crippen LogP contribution in [0.5, 0.6) is 0 Å². The molecule has 1 aromatic rings. The summed E-state index contributed by atoms with van der Waals surface area (Å²) in [5.74, 6) is 1.09. The Morgan fingerprint density at radius 2 is 2.00 bits per heavy atom. The van der Waals surface area contributed by atoms with E-state index in [-0.39, 0.29) is 5.69 Å². The van der Waals surface area contributed by atoms with Crippen molar-refractivity contribution < 1.29 is 4.92 Å². The average molecular weight is 253 g/mol. The maximum Gasteiger partial charge on any atom is 0.276 e. The summed E-state index contributed by atoms with van der Waals surface area (Å²) in [5, 5.41) is 13.7. The highest BCUT2D eigenvalue weighted by molar-refractivity contribution is 5.55. The molecule has 7 heteroatoms. The molecule has 100 valence electrons. The van der Waals surface area contributed by atoms with Gasteiger partial charge in [0.2, 0.25) is 0 Å². The standard InChI is InChI=1S/C11H19N5O2/c1-12-10-7-9(16(17)18)8-11(13-10)15(4)6-5-14(2)3/h7-8H,5-6H2,1-4H3,(H,12,13). The summed E-state index contributed by atoms with van der Waals surface area (Å²) in [7, 11) is 7.52. The van der Waals surface area contributed by atoms with Crippen molar-refractivity contribution in [2.24, 2.45) is 0 Å². The van der Waals surface area contributed by atoms with Crippen LogP contribution in [0, 0.1) is 10.1 Å². The fourth-order valence-corrected chi connectivity index (χ4v) is 1.40. The van der Waals surface area contributed by atoms with Crippen molar-refractivity contribution in [1.29, 1.82) is 0 Å². The molecule has 0 aromatic carbocycles. The maximum absolute atomic E-state index is 10.8. The number of anilines is 2. The fourth-order valence-electron chi connectivity index (χ4n) is 1.40. The van der Waals surface area contributed by atoms with E-state index < -0.39 is 4.92 Å². The van der Waals surface area contributed by atoms with Gasteiger partial charge in [0, 0.05) is 27.2 Å². The van der Waals surface area contributed by atoms with Crippen molar-refractivity contribution >= 4 is 17.3 Å². The Hall–Kier alpha value is -1.89. The van der Waals surface area contributed by atoms with E-state index in [0.717, 1.165) is 13.1 Å².